The molecule has 1 N–H and O–H groups in total. The number of hydrogen-bond donors (Lipinski definition) is 1. The van der Waals surface area contributed by atoms with Crippen molar-refractivity contribution in [2.45, 2.75) is 26.9 Å². The second kappa shape index (κ2) is 6.27. The lowest BCUT2D eigenvalue weighted by Gasteiger charge is -2.12. The molecule has 0 fully saturated rings. The quantitative estimate of drug-likeness (QED) is 0.650. The lowest BCUT2D eigenvalue weighted by molar-refractivity contribution is 0.242. The van der Waals surface area contributed by atoms with Gasteiger partial charge in [0.15, 0.2) is 0 Å². The highest BCUT2D eigenvalue weighted by Gasteiger charge is 2.03. The molecule has 5 heteroatoms. The molecule has 18 heavy (non-hydrogen) atoms. The molecule has 0 amide bonds. The molecule has 0 aliphatic heterocycles. The Bertz CT molecular complexity index is 519. The zero-order valence-corrected chi connectivity index (χ0v) is 10.6. The van der Waals surface area contributed by atoms with Gasteiger partial charge >= 0.3 is 0 Å². The molecule has 0 unspecified atom stereocenters. The Balaban J connectivity index is 2.92. The summed E-state index contributed by atoms with van der Waals surface area (Å²) in [6, 6.07) is 8.89. The standard InChI is InChI=1S/C13H14N4O/c1-9(2)18-12-5-4-10(3)13(6-12)17-16-11(7-14)8-15/h4-6,9,17H,1-3H3. The second-order valence-corrected chi connectivity index (χ2v) is 3.94. The van der Waals surface area contributed by atoms with Gasteiger partial charge in [-0.25, -0.2) is 0 Å². The summed E-state index contributed by atoms with van der Waals surface area (Å²) in [7, 11) is 0. The second-order valence-electron chi connectivity index (χ2n) is 3.94. The molecule has 0 aliphatic rings. The van der Waals surface area contributed by atoms with Gasteiger partial charge in [-0.3, -0.25) is 5.43 Å². The first-order valence-corrected chi connectivity index (χ1v) is 5.48. The number of ether oxygens (including phenoxy) is 1. The van der Waals surface area contributed by atoms with Crippen molar-refractivity contribution in [3.8, 4) is 17.9 Å². The molecule has 0 aromatic heterocycles. The predicted molar refractivity (Wildman–Crippen MR) is 69.2 cm³/mol. The minimum absolute atomic E-state index is 0.0813. The van der Waals surface area contributed by atoms with E-state index in [0.29, 0.717) is 11.4 Å². The van der Waals surface area contributed by atoms with E-state index in [1.54, 1.807) is 18.2 Å². The van der Waals surface area contributed by atoms with Gasteiger partial charge in [0.25, 0.3) is 0 Å². The maximum Gasteiger partial charge on any atom is 0.237 e. The van der Waals surface area contributed by atoms with Crippen LogP contribution in [0.1, 0.15) is 19.4 Å². The minimum Gasteiger partial charge on any atom is -0.491 e. The summed E-state index contributed by atoms with van der Waals surface area (Å²) < 4.78 is 5.55. The van der Waals surface area contributed by atoms with Gasteiger partial charge in [0, 0.05) is 6.07 Å². The van der Waals surface area contributed by atoms with Crippen LogP contribution < -0.4 is 10.2 Å². The summed E-state index contributed by atoms with van der Waals surface area (Å²) in [5.41, 5.74) is 4.13. The molecule has 5 nitrogen and oxygen atoms in total. The number of hydrazone groups is 1. The molecule has 1 aromatic carbocycles. The van der Waals surface area contributed by atoms with Crippen LogP contribution in [0.2, 0.25) is 0 Å². The summed E-state index contributed by atoms with van der Waals surface area (Å²) in [4.78, 5) is 0. The highest BCUT2D eigenvalue weighted by atomic mass is 16.5. The summed E-state index contributed by atoms with van der Waals surface area (Å²) >= 11 is 0. The van der Waals surface area contributed by atoms with E-state index in [-0.39, 0.29) is 11.8 Å². The van der Waals surface area contributed by atoms with Crippen molar-refractivity contribution in [3.63, 3.8) is 0 Å². The van der Waals surface area contributed by atoms with E-state index in [1.165, 1.54) is 0 Å². The number of benzene rings is 1. The number of rotatable bonds is 4. The molecule has 0 spiro atoms. The van der Waals surface area contributed by atoms with Crippen molar-refractivity contribution in [2.75, 3.05) is 5.43 Å². The monoisotopic (exact) mass is 242 g/mol. The van der Waals surface area contributed by atoms with Gasteiger partial charge in [-0.15, -0.1) is 0 Å². The Labute approximate surface area is 106 Å². The Morgan fingerprint density at radius 3 is 2.56 bits per heavy atom. The largest absolute Gasteiger partial charge is 0.491 e. The molecule has 1 rings (SSSR count). The van der Waals surface area contributed by atoms with Crippen LogP contribution >= 0.6 is 0 Å². The van der Waals surface area contributed by atoms with Crippen molar-refractivity contribution in [2.24, 2.45) is 5.10 Å². The Morgan fingerprint density at radius 1 is 1.33 bits per heavy atom. The van der Waals surface area contributed by atoms with Gasteiger partial charge < -0.3 is 4.74 Å². The SMILES string of the molecule is Cc1ccc(OC(C)C)cc1NN=C(C#N)C#N. The normalized spacial score (nSPS) is 9.22. The molecule has 0 bridgehead atoms. The minimum atomic E-state index is -0.218. The third-order valence-electron chi connectivity index (χ3n) is 2.08. The predicted octanol–water partition coefficient (Wildman–Crippen LogP) is 2.60. The van der Waals surface area contributed by atoms with Crippen molar-refractivity contribution in [1.29, 1.82) is 10.5 Å². The zero-order valence-electron chi connectivity index (χ0n) is 10.6. The molecule has 0 saturated heterocycles. The van der Waals surface area contributed by atoms with Crippen molar-refractivity contribution in [1.82, 2.24) is 0 Å². The Kier molecular flexibility index (Phi) is 4.71. The molecule has 1 aromatic rings. The number of nitrogens with zero attached hydrogens (tertiary/aromatic N) is 3. The van der Waals surface area contributed by atoms with E-state index in [4.69, 9.17) is 15.3 Å². The molecule has 0 saturated carbocycles. The third kappa shape index (κ3) is 3.80. The van der Waals surface area contributed by atoms with E-state index in [1.807, 2.05) is 32.9 Å². The number of nitriles is 2. The highest BCUT2D eigenvalue weighted by molar-refractivity contribution is 6.10. The summed E-state index contributed by atoms with van der Waals surface area (Å²) in [6.07, 6.45) is 0.0813. The first-order chi connectivity index (χ1) is 8.56. The number of hydrogen-bond acceptors (Lipinski definition) is 5. The summed E-state index contributed by atoms with van der Waals surface area (Å²) in [5, 5.41) is 20.9. The highest BCUT2D eigenvalue weighted by Crippen LogP contribution is 2.22. The van der Waals surface area contributed by atoms with Crippen LogP contribution in [0.5, 0.6) is 5.75 Å². The Morgan fingerprint density at radius 2 is 2.00 bits per heavy atom. The molecule has 92 valence electrons. The fourth-order valence-corrected chi connectivity index (χ4v) is 1.26. The van der Waals surface area contributed by atoms with Gasteiger partial charge in [-0.2, -0.15) is 15.6 Å². The van der Waals surface area contributed by atoms with Gasteiger partial charge in [0.05, 0.1) is 11.8 Å². The van der Waals surface area contributed by atoms with Crippen molar-refractivity contribution >= 4 is 11.4 Å². The fraction of sp³-hybridized carbons (Fsp3) is 0.308. The topological polar surface area (TPSA) is 81.2 Å². The van der Waals surface area contributed by atoms with E-state index in [2.05, 4.69) is 10.5 Å². The zero-order chi connectivity index (χ0) is 13.5. The number of aryl methyl sites for hydroxylation is 1. The summed E-state index contributed by atoms with van der Waals surface area (Å²) in [6.45, 7) is 5.78. The van der Waals surface area contributed by atoms with E-state index in [9.17, 15) is 0 Å². The average Bonchev–Trinajstić information content (AvgIpc) is 2.33. The maximum absolute atomic E-state index is 8.58. The number of nitrogens with one attached hydrogen (secondary N) is 1. The van der Waals surface area contributed by atoms with Crippen molar-refractivity contribution < 1.29 is 4.74 Å². The van der Waals surface area contributed by atoms with Crippen LogP contribution in [0.15, 0.2) is 23.3 Å². The van der Waals surface area contributed by atoms with Crippen LogP contribution in [-0.4, -0.2) is 11.8 Å². The van der Waals surface area contributed by atoms with E-state index >= 15 is 0 Å². The van der Waals surface area contributed by atoms with Crippen LogP contribution in [0.25, 0.3) is 0 Å². The van der Waals surface area contributed by atoms with Gasteiger partial charge in [0.1, 0.15) is 17.9 Å². The van der Waals surface area contributed by atoms with Crippen LogP contribution in [0, 0.1) is 29.6 Å². The van der Waals surface area contributed by atoms with Gasteiger partial charge in [-0.05, 0) is 32.4 Å². The molecule has 0 atom stereocenters. The van der Waals surface area contributed by atoms with Crippen molar-refractivity contribution in [3.05, 3.63) is 23.8 Å². The lowest BCUT2D eigenvalue weighted by Crippen LogP contribution is -2.06. The average molecular weight is 242 g/mol. The first-order valence-electron chi connectivity index (χ1n) is 5.48. The Hall–Kier alpha value is -2.53. The fourth-order valence-electron chi connectivity index (χ4n) is 1.26. The van der Waals surface area contributed by atoms with E-state index < -0.39 is 0 Å². The molecular formula is C13H14N4O. The maximum atomic E-state index is 8.58. The smallest absolute Gasteiger partial charge is 0.237 e. The number of anilines is 1. The first kappa shape index (κ1) is 13.5. The third-order valence-corrected chi connectivity index (χ3v) is 2.08. The van der Waals surface area contributed by atoms with Crippen LogP contribution in [-0.2, 0) is 0 Å². The summed E-state index contributed by atoms with van der Waals surface area (Å²) in [5.74, 6) is 0.712. The molecular weight excluding hydrogens is 228 g/mol. The molecule has 0 radical (unpaired) electrons. The van der Waals surface area contributed by atoms with Crippen LogP contribution in [0.3, 0.4) is 0 Å². The van der Waals surface area contributed by atoms with Crippen LogP contribution in [0.4, 0.5) is 5.69 Å². The molecule has 0 aliphatic carbocycles. The van der Waals surface area contributed by atoms with Gasteiger partial charge in [0.2, 0.25) is 5.71 Å². The molecule has 0 heterocycles. The lowest BCUT2D eigenvalue weighted by atomic mass is 10.2. The van der Waals surface area contributed by atoms with Gasteiger partial charge in [-0.1, -0.05) is 6.07 Å². The van der Waals surface area contributed by atoms with E-state index in [0.717, 1.165) is 5.56 Å².